The van der Waals surface area contributed by atoms with E-state index in [0.29, 0.717) is 0 Å². The first-order valence-electron chi connectivity index (χ1n) is 4.89. The molecule has 1 aromatic carbocycles. The molecule has 16 heavy (non-hydrogen) atoms. The Hall–Kier alpha value is -1.20. The Kier molecular flexibility index (Phi) is 5.92. The maximum atomic E-state index is 5.85. The second kappa shape index (κ2) is 6.40. The van der Waals surface area contributed by atoms with Crippen molar-refractivity contribution in [3.8, 4) is 5.75 Å². The monoisotopic (exact) mass is 232 g/mol. The van der Waals surface area contributed by atoms with Gasteiger partial charge in [-0.1, -0.05) is 18.2 Å². The first-order chi connectivity index (χ1) is 6.77. The van der Waals surface area contributed by atoms with Gasteiger partial charge in [-0.2, -0.15) is 0 Å². The summed E-state index contributed by atoms with van der Waals surface area (Å²) in [5.74, 6) is 0.929. The van der Waals surface area contributed by atoms with E-state index in [-0.39, 0.29) is 15.8 Å². The van der Waals surface area contributed by atoms with Crippen LogP contribution >= 0.6 is 0 Å². The molecule has 0 saturated carbocycles. The van der Waals surface area contributed by atoms with Crippen LogP contribution in [0.25, 0.3) is 0 Å². The first-order valence-corrected chi connectivity index (χ1v) is 4.89. The van der Waals surface area contributed by atoms with Gasteiger partial charge in [0.05, 0.1) is 0 Å². The molecule has 0 spiro atoms. The van der Waals surface area contributed by atoms with Crippen molar-refractivity contribution in [2.45, 2.75) is 6.35 Å². The molecule has 0 N–H and O–H groups in total. The average Bonchev–Trinajstić information content (AvgIpc) is 2.51. The van der Waals surface area contributed by atoms with Gasteiger partial charge < -0.3 is 4.74 Å². The summed E-state index contributed by atoms with van der Waals surface area (Å²) in [5.41, 5.74) is 0. The Morgan fingerprint density at radius 2 is 1.50 bits per heavy atom. The van der Waals surface area contributed by atoms with E-state index in [1.54, 1.807) is 0 Å². The van der Waals surface area contributed by atoms with E-state index in [9.17, 15) is 0 Å². The second-order valence-electron chi connectivity index (χ2n) is 3.72. The maximum absolute atomic E-state index is 5.85. The van der Waals surface area contributed by atoms with E-state index in [0.717, 1.165) is 18.8 Å². The minimum absolute atomic E-state index is 0. The van der Waals surface area contributed by atoms with E-state index < -0.39 is 0 Å². The van der Waals surface area contributed by atoms with Gasteiger partial charge in [0, 0.05) is 13.1 Å². The predicted molar refractivity (Wildman–Crippen MR) is 61.1 cm³/mol. The third kappa shape index (κ3) is 3.15. The van der Waals surface area contributed by atoms with Crippen molar-refractivity contribution in [3.05, 3.63) is 30.3 Å². The van der Waals surface area contributed by atoms with Crippen LogP contribution in [-0.4, -0.2) is 43.3 Å². The van der Waals surface area contributed by atoms with Crippen LogP contribution in [0.1, 0.15) is 0 Å². The number of likely N-dealkylation sites (N-methyl/N-ethyl adjacent to an activating group) is 2. The molecule has 0 atom stereocenters. The minimum atomic E-state index is 0. The van der Waals surface area contributed by atoms with Crippen molar-refractivity contribution in [2.75, 3.05) is 27.2 Å². The van der Waals surface area contributed by atoms with Crippen LogP contribution in [0.3, 0.4) is 0 Å². The van der Waals surface area contributed by atoms with Crippen LogP contribution in [0.2, 0.25) is 0 Å². The molecule has 1 aliphatic rings. The fraction of sp³-hybridized carbons (Fsp3) is 0.455. The second-order valence-corrected chi connectivity index (χ2v) is 3.72. The van der Waals surface area contributed by atoms with Gasteiger partial charge in [0.15, 0.2) is 0 Å². The highest BCUT2D eigenvalue weighted by Gasteiger charge is 2.27. The standard InChI is InChI=1S/C11H16N2O.2FH/c1-12-8-9-13(2)11(12)14-10-6-4-3-5-7-10;;/h3-7,11H,8-9H2,1-2H3;2*1H. The van der Waals surface area contributed by atoms with Gasteiger partial charge in [-0.25, -0.2) is 0 Å². The van der Waals surface area contributed by atoms with Crippen LogP contribution in [0.5, 0.6) is 5.75 Å². The molecular weight excluding hydrogens is 214 g/mol. The summed E-state index contributed by atoms with van der Waals surface area (Å²) in [7, 11) is 4.16. The summed E-state index contributed by atoms with van der Waals surface area (Å²) in [6.45, 7) is 2.13. The topological polar surface area (TPSA) is 15.7 Å². The van der Waals surface area contributed by atoms with E-state index in [1.807, 2.05) is 30.3 Å². The zero-order valence-electron chi connectivity index (χ0n) is 9.50. The Morgan fingerprint density at radius 1 is 1.00 bits per heavy atom. The van der Waals surface area contributed by atoms with Crippen molar-refractivity contribution in [3.63, 3.8) is 0 Å². The predicted octanol–water partition coefficient (Wildman–Crippen LogP) is 1.53. The fourth-order valence-electron chi connectivity index (χ4n) is 1.67. The van der Waals surface area contributed by atoms with E-state index >= 15 is 0 Å². The van der Waals surface area contributed by atoms with Crippen molar-refractivity contribution >= 4 is 0 Å². The van der Waals surface area contributed by atoms with Gasteiger partial charge >= 0.3 is 0 Å². The smallest absolute Gasteiger partial charge is 0.211 e. The zero-order valence-corrected chi connectivity index (χ0v) is 9.50. The van der Waals surface area contributed by atoms with Gasteiger partial charge in [-0.3, -0.25) is 19.2 Å². The van der Waals surface area contributed by atoms with E-state index in [4.69, 9.17) is 4.74 Å². The highest BCUT2D eigenvalue weighted by atomic mass is 19.0. The molecule has 1 saturated heterocycles. The van der Waals surface area contributed by atoms with Crippen molar-refractivity contribution < 1.29 is 14.1 Å². The summed E-state index contributed by atoms with van der Waals surface area (Å²) in [5, 5.41) is 0. The molecule has 0 amide bonds. The largest absolute Gasteiger partial charge is 0.462 e. The third-order valence-corrected chi connectivity index (χ3v) is 2.54. The van der Waals surface area contributed by atoms with Crippen molar-refractivity contribution in [1.82, 2.24) is 9.80 Å². The molecule has 0 unspecified atom stereocenters. The molecule has 1 aliphatic heterocycles. The summed E-state index contributed by atoms with van der Waals surface area (Å²) in [6, 6.07) is 9.95. The first kappa shape index (κ1) is 14.8. The van der Waals surface area contributed by atoms with Gasteiger partial charge in [0.25, 0.3) is 0 Å². The number of benzene rings is 1. The molecular formula is C11H18F2N2O. The number of nitrogens with zero attached hydrogens (tertiary/aromatic N) is 2. The minimum Gasteiger partial charge on any atom is -0.462 e. The zero-order chi connectivity index (χ0) is 9.97. The molecule has 0 bridgehead atoms. The molecule has 5 heteroatoms. The van der Waals surface area contributed by atoms with Gasteiger partial charge in [-0.05, 0) is 26.2 Å². The van der Waals surface area contributed by atoms with Crippen LogP contribution in [0.15, 0.2) is 30.3 Å². The summed E-state index contributed by atoms with van der Waals surface area (Å²) in [6.07, 6.45) is 0.0809. The summed E-state index contributed by atoms with van der Waals surface area (Å²) in [4.78, 5) is 4.40. The fourth-order valence-corrected chi connectivity index (χ4v) is 1.67. The lowest BCUT2D eigenvalue weighted by molar-refractivity contribution is -0.0105. The van der Waals surface area contributed by atoms with Gasteiger partial charge in [0.2, 0.25) is 6.35 Å². The molecule has 0 aliphatic carbocycles. The lowest BCUT2D eigenvalue weighted by Gasteiger charge is -2.25. The van der Waals surface area contributed by atoms with Gasteiger partial charge in [-0.15, -0.1) is 0 Å². The quantitative estimate of drug-likeness (QED) is 0.769. The average molecular weight is 232 g/mol. The van der Waals surface area contributed by atoms with E-state index in [2.05, 4.69) is 23.9 Å². The number of ether oxygens (including phenoxy) is 1. The molecule has 1 fully saturated rings. The highest BCUT2D eigenvalue weighted by molar-refractivity contribution is 5.21. The molecule has 3 nitrogen and oxygen atoms in total. The normalized spacial score (nSPS) is 17.6. The Bertz CT molecular complexity index is 287. The number of para-hydroxylation sites is 1. The Morgan fingerprint density at radius 3 is 2.00 bits per heavy atom. The Balaban J connectivity index is 0.00000112. The number of hydrogen-bond donors (Lipinski definition) is 0. The van der Waals surface area contributed by atoms with Crippen LogP contribution in [0.4, 0.5) is 9.41 Å². The van der Waals surface area contributed by atoms with Crippen LogP contribution < -0.4 is 4.74 Å². The molecule has 1 heterocycles. The SMILES string of the molecule is CN1CCN(C)C1Oc1ccccc1.F.F. The lowest BCUT2D eigenvalue weighted by atomic mass is 10.3. The number of halogens is 2. The van der Waals surface area contributed by atoms with Gasteiger partial charge in [0.1, 0.15) is 5.75 Å². The lowest BCUT2D eigenvalue weighted by Crippen LogP contribution is -2.39. The van der Waals surface area contributed by atoms with Crippen LogP contribution in [0, 0.1) is 0 Å². The molecule has 2 rings (SSSR count). The third-order valence-electron chi connectivity index (χ3n) is 2.54. The summed E-state index contributed by atoms with van der Waals surface area (Å²) >= 11 is 0. The van der Waals surface area contributed by atoms with Crippen LogP contribution in [-0.2, 0) is 0 Å². The molecule has 1 aromatic rings. The van der Waals surface area contributed by atoms with Crippen molar-refractivity contribution in [2.24, 2.45) is 0 Å². The Labute approximate surface area is 94.3 Å². The molecule has 0 aromatic heterocycles. The number of hydrogen-bond acceptors (Lipinski definition) is 3. The van der Waals surface area contributed by atoms with E-state index in [1.165, 1.54) is 0 Å². The highest BCUT2D eigenvalue weighted by Crippen LogP contribution is 2.16. The number of rotatable bonds is 2. The maximum Gasteiger partial charge on any atom is 0.211 e. The van der Waals surface area contributed by atoms with Crippen molar-refractivity contribution in [1.29, 1.82) is 0 Å². The molecule has 92 valence electrons. The summed E-state index contributed by atoms with van der Waals surface area (Å²) < 4.78 is 5.85. The molecule has 0 radical (unpaired) electrons.